The third-order valence-corrected chi connectivity index (χ3v) is 5.38. The van der Waals surface area contributed by atoms with Crippen LogP contribution in [-0.4, -0.2) is 47.5 Å². The predicted octanol–water partition coefficient (Wildman–Crippen LogP) is 4.97. The number of ether oxygens (including phenoxy) is 1. The van der Waals surface area contributed by atoms with Gasteiger partial charge >= 0.3 is 0 Å². The summed E-state index contributed by atoms with van der Waals surface area (Å²) in [6.45, 7) is 2.64. The van der Waals surface area contributed by atoms with Crippen molar-refractivity contribution in [3.8, 4) is 0 Å². The Kier molecular flexibility index (Phi) is 7.18. The summed E-state index contributed by atoms with van der Waals surface area (Å²) in [4.78, 5) is 15.5. The van der Waals surface area contributed by atoms with Crippen molar-refractivity contribution in [2.24, 2.45) is 5.10 Å². The molecule has 0 spiro atoms. The van der Waals surface area contributed by atoms with Gasteiger partial charge in [-0.3, -0.25) is 0 Å². The maximum absolute atomic E-state index is 6.19. The van der Waals surface area contributed by atoms with Gasteiger partial charge in [0, 0.05) is 33.8 Å². The van der Waals surface area contributed by atoms with E-state index in [1.807, 2.05) is 29.2 Å². The maximum atomic E-state index is 6.19. The molecule has 1 aliphatic rings. The van der Waals surface area contributed by atoms with Gasteiger partial charge in [-0.15, -0.1) is 0 Å². The summed E-state index contributed by atoms with van der Waals surface area (Å²) in [7, 11) is 0. The number of hydrogen-bond donors (Lipinski definition) is 2. The molecule has 0 unspecified atom stereocenters. The molecular formula is C20H18BrCl2N7O. The van der Waals surface area contributed by atoms with Gasteiger partial charge in [0.2, 0.25) is 17.8 Å². The lowest BCUT2D eigenvalue weighted by molar-refractivity contribution is 0.122. The lowest BCUT2D eigenvalue weighted by Gasteiger charge is -2.27. The number of nitrogens with zero attached hydrogens (tertiary/aromatic N) is 5. The van der Waals surface area contributed by atoms with E-state index in [0.717, 1.165) is 10.2 Å². The average molecular weight is 523 g/mol. The fourth-order valence-corrected chi connectivity index (χ4v) is 3.69. The highest BCUT2D eigenvalue weighted by atomic mass is 79.9. The molecule has 0 saturated carbocycles. The van der Waals surface area contributed by atoms with Crippen LogP contribution in [0.15, 0.2) is 52.0 Å². The highest BCUT2D eigenvalue weighted by Gasteiger charge is 2.16. The SMILES string of the molecule is Clc1ccc(C=NNc2nc(Nc3cccc(Br)c3)nc(N3CCOCC3)n2)c(Cl)c1. The minimum atomic E-state index is 0.301. The number of halogens is 3. The molecule has 3 aromatic rings. The molecule has 2 aromatic carbocycles. The molecular weight excluding hydrogens is 505 g/mol. The number of aromatic nitrogens is 3. The Morgan fingerprint density at radius 1 is 1.03 bits per heavy atom. The van der Waals surface area contributed by atoms with Gasteiger partial charge in [0.25, 0.3) is 0 Å². The Hall–Kier alpha value is -2.46. The zero-order chi connectivity index (χ0) is 21.6. The van der Waals surface area contributed by atoms with Crippen molar-refractivity contribution in [3.05, 3.63) is 62.5 Å². The number of nitrogens with one attached hydrogen (secondary N) is 2. The zero-order valence-electron chi connectivity index (χ0n) is 16.2. The highest BCUT2D eigenvalue weighted by Crippen LogP contribution is 2.22. The smallest absolute Gasteiger partial charge is 0.250 e. The lowest BCUT2D eigenvalue weighted by Crippen LogP contribution is -2.37. The fraction of sp³-hybridized carbons (Fsp3) is 0.200. The van der Waals surface area contributed by atoms with Crippen molar-refractivity contribution in [3.63, 3.8) is 0 Å². The first kappa shape index (κ1) is 21.8. The average Bonchev–Trinajstić information content (AvgIpc) is 2.76. The zero-order valence-corrected chi connectivity index (χ0v) is 19.3. The number of hydrazone groups is 1. The number of anilines is 4. The monoisotopic (exact) mass is 521 g/mol. The number of benzene rings is 2. The van der Waals surface area contributed by atoms with Crippen LogP contribution in [-0.2, 0) is 4.74 Å². The minimum absolute atomic E-state index is 0.301. The van der Waals surface area contributed by atoms with Crippen LogP contribution in [0.1, 0.15) is 5.56 Å². The van der Waals surface area contributed by atoms with Crippen LogP contribution in [0.5, 0.6) is 0 Å². The van der Waals surface area contributed by atoms with E-state index in [-0.39, 0.29) is 0 Å². The Labute approximate surface area is 197 Å². The molecule has 1 saturated heterocycles. The molecule has 160 valence electrons. The molecule has 0 radical (unpaired) electrons. The van der Waals surface area contributed by atoms with E-state index in [1.165, 1.54) is 0 Å². The van der Waals surface area contributed by atoms with Gasteiger partial charge < -0.3 is 15.0 Å². The van der Waals surface area contributed by atoms with Crippen molar-refractivity contribution in [1.29, 1.82) is 0 Å². The normalized spacial score (nSPS) is 14.1. The Bertz CT molecular complexity index is 1090. The highest BCUT2D eigenvalue weighted by molar-refractivity contribution is 9.10. The second kappa shape index (κ2) is 10.2. The van der Waals surface area contributed by atoms with Crippen LogP contribution < -0.4 is 15.6 Å². The van der Waals surface area contributed by atoms with Crippen LogP contribution in [0.25, 0.3) is 0 Å². The van der Waals surface area contributed by atoms with Crippen LogP contribution in [0.3, 0.4) is 0 Å². The van der Waals surface area contributed by atoms with Crippen molar-refractivity contribution in [2.45, 2.75) is 0 Å². The summed E-state index contributed by atoms with van der Waals surface area (Å²) in [5.41, 5.74) is 4.42. The lowest BCUT2D eigenvalue weighted by atomic mass is 10.2. The Balaban J connectivity index is 1.58. The van der Waals surface area contributed by atoms with Crippen LogP contribution in [0, 0.1) is 0 Å². The molecule has 2 heterocycles. The predicted molar refractivity (Wildman–Crippen MR) is 128 cm³/mol. The number of rotatable bonds is 6. The van der Waals surface area contributed by atoms with E-state index in [9.17, 15) is 0 Å². The maximum Gasteiger partial charge on any atom is 0.250 e. The number of hydrogen-bond acceptors (Lipinski definition) is 8. The van der Waals surface area contributed by atoms with E-state index >= 15 is 0 Å². The van der Waals surface area contributed by atoms with E-state index in [1.54, 1.807) is 24.4 Å². The Morgan fingerprint density at radius 2 is 1.84 bits per heavy atom. The third-order valence-electron chi connectivity index (χ3n) is 4.33. The van der Waals surface area contributed by atoms with Crippen molar-refractivity contribution in [1.82, 2.24) is 15.0 Å². The topological polar surface area (TPSA) is 87.6 Å². The summed E-state index contributed by atoms with van der Waals surface area (Å²) in [5, 5.41) is 8.49. The standard InChI is InChI=1S/C20H18BrCl2N7O/c21-14-2-1-3-16(10-14)25-18-26-19(28-20(27-18)30-6-8-31-9-7-30)29-24-12-13-4-5-15(22)11-17(13)23/h1-5,10-12H,6-9H2,(H2,25,26,27,28,29). The summed E-state index contributed by atoms with van der Waals surface area (Å²) in [6, 6.07) is 12.9. The van der Waals surface area contributed by atoms with Crippen LogP contribution >= 0.6 is 39.1 Å². The molecule has 4 rings (SSSR count). The number of morpholine rings is 1. The molecule has 2 N–H and O–H groups in total. The van der Waals surface area contributed by atoms with Gasteiger partial charge in [0.1, 0.15) is 0 Å². The van der Waals surface area contributed by atoms with Crippen LogP contribution in [0.4, 0.5) is 23.5 Å². The molecule has 0 aliphatic carbocycles. The first-order valence-corrected chi connectivity index (χ1v) is 11.0. The second-order valence-electron chi connectivity index (χ2n) is 6.55. The van der Waals surface area contributed by atoms with Crippen LogP contribution in [0.2, 0.25) is 10.0 Å². The van der Waals surface area contributed by atoms with E-state index < -0.39 is 0 Å². The van der Waals surface area contributed by atoms with Gasteiger partial charge in [0.15, 0.2) is 0 Å². The largest absolute Gasteiger partial charge is 0.378 e. The van der Waals surface area contributed by atoms with E-state index in [4.69, 9.17) is 27.9 Å². The summed E-state index contributed by atoms with van der Waals surface area (Å²) >= 11 is 15.6. The first-order chi connectivity index (χ1) is 15.1. The summed E-state index contributed by atoms with van der Waals surface area (Å²) in [5.74, 6) is 1.24. The quantitative estimate of drug-likeness (QED) is 0.349. The molecule has 31 heavy (non-hydrogen) atoms. The van der Waals surface area contributed by atoms with E-state index in [0.29, 0.717) is 59.8 Å². The van der Waals surface area contributed by atoms with Gasteiger partial charge in [-0.2, -0.15) is 20.1 Å². The molecule has 0 atom stereocenters. The van der Waals surface area contributed by atoms with Crippen molar-refractivity contribution >= 4 is 68.9 Å². The Morgan fingerprint density at radius 3 is 2.61 bits per heavy atom. The van der Waals surface area contributed by atoms with Crippen molar-refractivity contribution < 1.29 is 4.74 Å². The van der Waals surface area contributed by atoms with E-state index in [2.05, 4.69) is 46.7 Å². The van der Waals surface area contributed by atoms with Gasteiger partial charge in [-0.1, -0.05) is 51.3 Å². The van der Waals surface area contributed by atoms with Gasteiger partial charge in [0.05, 0.1) is 24.5 Å². The molecule has 1 aliphatic heterocycles. The molecule has 1 fully saturated rings. The van der Waals surface area contributed by atoms with Crippen molar-refractivity contribution in [2.75, 3.05) is 41.9 Å². The summed E-state index contributed by atoms with van der Waals surface area (Å²) < 4.78 is 6.38. The second-order valence-corrected chi connectivity index (χ2v) is 8.31. The van der Waals surface area contributed by atoms with Gasteiger partial charge in [-0.25, -0.2) is 5.43 Å². The molecule has 8 nitrogen and oxygen atoms in total. The first-order valence-electron chi connectivity index (χ1n) is 9.42. The molecule has 0 bridgehead atoms. The van der Waals surface area contributed by atoms with Gasteiger partial charge in [-0.05, 0) is 30.3 Å². The minimum Gasteiger partial charge on any atom is -0.378 e. The molecule has 0 amide bonds. The fourth-order valence-electron chi connectivity index (χ4n) is 2.84. The summed E-state index contributed by atoms with van der Waals surface area (Å²) in [6.07, 6.45) is 1.58. The molecule has 11 heteroatoms. The molecule has 1 aromatic heterocycles. The third kappa shape index (κ3) is 6.04.